The van der Waals surface area contributed by atoms with Crippen LogP contribution in [0.5, 0.6) is 0 Å². The van der Waals surface area contributed by atoms with Gasteiger partial charge < -0.3 is 0 Å². The van der Waals surface area contributed by atoms with Crippen LogP contribution in [-0.4, -0.2) is 10.5 Å². The highest BCUT2D eigenvalue weighted by Crippen LogP contribution is 2.43. The average Bonchev–Trinajstić information content (AvgIpc) is 2.28. The number of hydrogen-bond donors (Lipinski definition) is 0. The van der Waals surface area contributed by atoms with Gasteiger partial charge >= 0.3 is 0 Å². The first-order chi connectivity index (χ1) is 7.34. The van der Waals surface area contributed by atoms with Crippen molar-refractivity contribution in [2.24, 2.45) is 5.92 Å². The Balaban J connectivity index is 1.63. The van der Waals surface area contributed by atoms with Gasteiger partial charge in [-0.2, -0.15) is 0 Å². The van der Waals surface area contributed by atoms with Crippen molar-refractivity contribution in [2.45, 2.75) is 75.2 Å². The van der Waals surface area contributed by atoms with Crippen molar-refractivity contribution in [1.82, 2.24) is 0 Å². The minimum atomic E-state index is 0.973. The molecular formula is C13H24S2. The van der Waals surface area contributed by atoms with Gasteiger partial charge in [-0.05, 0) is 31.6 Å². The Kier molecular flexibility index (Phi) is 5.22. The molecule has 0 bridgehead atoms. The van der Waals surface area contributed by atoms with Crippen LogP contribution in [0.1, 0.15) is 64.7 Å². The number of rotatable bonds is 3. The Labute approximate surface area is 103 Å². The molecule has 88 valence electrons. The molecule has 1 unspecified atom stereocenters. The molecule has 0 aliphatic heterocycles. The van der Waals surface area contributed by atoms with Gasteiger partial charge in [0, 0.05) is 10.5 Å². The van der Waals surface area contributed by atoms with Crippen LogP contribution in [0.2, 0.25) is 0 Å². The quantitative estimate of drug-likeness (QED) is 0.620. The summed E-state index contributed by atoms with van der Waals surface area (Å²) in [6.07, 6.45) is 13.3. The Bertz CT molecular complexity index is 175. The van der Waals surface area contributed by atoms with Crippen molar-refractivity contribution in [2.75, 3.05) is 0 Å². The standard InChI is InChI=1S/C13H24S2/c1-11-6-5-9-13(10-11)15-14-12-7-3-2-4-8-12/h11-13H,2-10H2,1H3/t11-,13?/m1/s1. The zero-order valence-corrected chi connectivity index (χ0v) is 11.5. The van der Waals surface area contributed by atoms with Gasteiger partial charge in [0.2, 0.25) is 0 Å². The van der Waals surface area contributed by atoms with E-state index in [1.54, 1.807) is 0 Å². The highest BCUT2D eigenvalue weighted by Gasteiger charge is 2.22. The highest BCUT2D eigenvalue weighted by atomic mass is 33.1. The van der Waals surface area contributed by atoms with E-state index in [9.17, 15) is 0 Å². The zero-order valence-electron chi connectivity index (χ0n) is 9.91. The Morgan fingerprint density at radius 2 is 1.40 bits per heavy atom. The second-order valence-electron chi connectivity index (χ2n) is 5.35. The van der Waals surface area contributed by atoms with Gasteiger partial charge in [-0.3, -0.25) is 0 Å². The normalized spacial score (nSPS) is 34.2. The molecule has 15 heavy (non-hydrogen) atoms. The Hall–Kier alpha value is 0.700. The van der Waals surface area contributed by atoms with Gasteiger partial charge in [-0.1, -0.05) is 60.6 Å². The predicted octanol–water partition coefficient (Wildman–Crippen LogP) is 5.28. The summed E-state index contributed by atoms with van der Waals surface area (Å²) in [4.78, 5) is 0. The third-order valence-corrected chi connectivity index (χ3v) is 7.29. The molecule has 0 aromatic heterocycles. The van der Waals surface area contributed by atoms with Crippen LogP contribution < -0.4 is 0 Å². The first-order valence-corrected chi connectivity index (χ1v) is 8.94. The molecule has 2 fully saturated rings. The van der Waals surface area contributed by atoms with Crippen LogP contribution in [0, 0.1) is 5.92 Å². The summed E-state index contributed by atoms with van der Waals surface area (Å²) >= 11 is 0. The molecule has 0 nitrogen and oxygen atoms in total. The summed E-state index contributed by atoms with van der Waals surface area (Å²) < 4.78 is 0. The van der Waals surface area contributed by atoms with E-state index in [1.807, 2.05) is 0 Å². The third-order valence-electron chi connectivity index (χ3n) is 3.77. The summed E-state index contributed by atoms with van der Waals surface area (Å²) in [6.45, 7) is 2.43. The van der Waals surface area contributed by atoms with Crippen molar-refractivity contribution in [3.63, 3.8) is 0 Å². The predicted molar refractivity (Wildman–Crippen MR) is 73.5 cm³/mol. The molecule has 0 spiro atoms. The molecule has 0 N–H and O–H groups in total. The summed E-state index contributed by atoms with van der Waals surface area (Å²) in [5.74, 6) is 0.989. The fourth-order valence-corrected chi connectivity index (χ4v) is 6.34. The van der Waals surface area contributed by atoms with Gasteiger partial charge in [-0.15, -0.1) is 0 Å². The smallest absolute Gasteiger partial charge is 0.0154 e. The molecule has 0 aromatic rings. The summed E-state index contributed by atoms with van der Waals surface area (Å²) in [5.41, 5.74) is 0. The minimum Gasteiger partial charge on any atom is -0.0904 e. The van der Waals surface area contributed by atoms with Crippen molar-refractivity contribution in [3.05, 3.63) is 0 Å². The SMILES string of the molecule is C[C@@H]1CCCC(SSC2CCCCC2)C1. The average molecular weight is 244 g/mol. The molecule has 0 heterocycles. The summed E-state index contributed by atoms with van der Waals surface area (Å²) in [6, 6.07) is 0. The van der Waals surface area contributed by atoms with Gasteiger partial charge in [0.15, 0.2) is 0 Å². The summed E-state index contributed by atoms with van der Waals surface area (Å²) in [7, 11) is 4.45. The molecular weight excluding hydrogens is 220 g/mol. The van der Waals surface area contributed by atoms with Crippen LogP contribution in [0.25, 0.3) is 0 Å². The Morgan fingerprint density at radius 3 is 2.13 bits per heavy atom. The molecule has 0 amide bonds. The molecule has 2 aliphatic rings. The maximum absolute atomic E-state index is 2.43. The number of hydrogen-bond acceptors (Lipinski definition) is 2. The van der Waals surface area contributed by atoms with Crippen LogP contribution >= 0.6 is 21.6 Å². The fourth-order valence-electron chi connectivity index (χ4n) is 2.78. The monoisotopic (exact) mass is 244 g/mol. The molecule has 2 saturated carbocycles. The second-order valence-corrected chi connectivity index (χ2v) is 8.22. The first-order valence-electron chi connectivity index (χ1n) is 6.66. The lowest BCUT2D eigenvalue weighted by molar-refractivity contribution is 0.395. The van der Waals surface area contributed by atoms with E-state index in [2.05, 4.69) is 28.5 Å². The largest absolute Gasteiger partial charge is 0.0904 e. The maximum Gasteiger partial charge on any atom is 0.0154 e. The molecule has 2 rings (SSSR count). The molecule has 2 atom stereocenters. The molecule has 2 aliphatic carbocycles. The van der Waals surface area contributed by atoms with E-state index in [0.29, 0.717) is 0 Å². The van der Waals surface area contributed by atoms with E-state index in [1.165, 1.54) is 57.8 Å². The van der Waals surface area contributed by atoms with E-state index in [4.69, 9.17) is 0 Å². The van der Waals surface area contributed by atoms with E-state index in [0.717, 1.165) is 16.4 Å². The second kappa shape index (κ2) is 6.44. The highest BCUT2D eigenvalue weighted by molar-refractivity contribution is 8.77. The van der Waals surface area contributed by atoms with Gasteiger partial charge in [0.05, 0.1) is 0 Å². The van der Waals surface area contributed by atoms with E-state index >= 15 is 0 Å². The van der Waals surface area contributed by atoms with Crippen LogP contribution in [0.4, 0.5) is 0 Å². The van der Waals surface area contributed by atoms with Crippen LogP contribution in [0.15, 0.2) is 0 Å². The van der Waals surface area contributed by atoms with Crippen LogP contribution in [0.3, 0.4) is 0 Å². The molecule has 0 aromatic carbocycles. The van der Waals surface area contributed by atoms with Gasteiger partial charge in [-0.25, -0.2) is 0 Å². The lowest BCUT2D eigenvalue weighted by atomic mass is 9.91. The van der Waals surface area contributed by atoms with Crippen LogP contribution in [-0.2, 0) is 0 Å². The minimum absolute atomic E-state index is 0.973. The van der Waals surface area contributed by atoms with Crippen molar-refractivity contribution < 1.29 is 0 Å². The molecule has 2 heteroatoms. The van der Waals surface area contributed by atoms with E-state index < -0.39 is 0 Å². The fraction of sp³-hybridized carbons (Fsp3) is 1.00. The lowest BCUT2D eigenvalue weighted by Crippen LogP contribution is -2.15. The molecule has 0 radical (unpaired) electrons. The lowest BCUT2D eigenvalue weighted by Gasteiger charge is -2.28. The summed E-state index contributed by atoms with van der Waals surface area (Å²) in [5, 5.41) is 1.96. The first kappa shape index (κ1) is 12.2. The molecule has 0 saturated heterocycles. The third kappa shape index (κ3) is 4.22. The van der Waals surface area contributed by atoms with Crippen molar-refractivity contribution >= 4 is 21.6 Å². The van der Waals surface area contributed by atoms with Gasteiger partial charge in [0.25, 0.3) is 0 Å². The Morgan fingerprint density at radius 1 is 0.733 bits per heavy atom. The topological polar surface area (TPSA) is 0 Å². The van der Waals surface area contributed by atoms with E-state index in [-0.39, 0.29) is 0 Å². The maximum atomic E-state index is 2.43. The zero-order chi connectivity index (χ0) is 10.5. The van der Waals surface area contributed by atoms with Gasteiger partial charge in [0.1, 0.15) is 0 Å². The van der Waals surface area contributed by atoms with Crippen molar-refractivity contribution in [1.29, 1.82) is 0 Å². The van der Waals surface area contributed by atoms with Crippen molar-refractivity contribution in [3.8, 4) is 0 Å².